The van der Waals surface area contributed by atoms with Crippen LogP contribution in [0.15, 0.2) is 18.2 Å². The second-order valence-electron chi connectivity index (χ2n) is 5.12. The van der Waals surface area contributed by atoms with Crippen LogP contribution < -0.4 is 11.1 Å². The van der Waals surface area contributed by atoms with Crippen molar-refractivity contribution in [3.63, 3.8) is 0 Å². The summed E-state index contributed by atoms with van der Waals surface area (Å²) in [6, 6.07) is 4.81. The number of carbonyl (C=O) groups excluding carboxylic acids is 1. The maximum Gasteiger partial charge on any atom is 0.412 e. The minimum Gasteiger partial charge on any atom is -0.444 e. The number of carbonyl (C=O) groups is 1. The van der Waals surface area contributed by atoms with E-state index in [1.165, 1.54) is 0 Å². The van der Waals surface area contributed by atoms with Crippen LogP contribution in [0.25, 0.3) is 0 Å². The highest BCUT2D eigenvalue weighted by atomic mass is 35.5. The van der Waals surface area contributed by atoms with Gasteiger partial charge in [-0.1, -0.05) is 17.7 Å². The molecule has 1 aromatic rings. The molecular weight excluding hydrogens is 268 g/mol. The summed E-state index contributed by atoms with van der Waals surface area (Å²) in [5.41, 5.74) is 5.75. The third-order valence-corrected chi connectivity index (χ3v) is 2.56. The maximum absolute atomic E-state index is 11.7. The fraction of sp³-hybridized carbons (Fsp3) is 0.462. The summed E-state index contributed by atoms with van der Waals surface area (Å²) >= 11 is 5.98. The number of nitrogens with two attached hydrogens (primary N) is 1. The standard InChI is InChI=1S/C13H19ClN2O3/c1-13(2,3)19-12(18)16-10-6-8(11(17)7-15)4-5-9(10)14/h4-6,11,17H,7,15H2,1-3H3,(H,16,18). The van der Waals surface area contributed by atoms with Gasteiger partial charge in [0, 0.05) is 6.54 Å². The lowest BCUT2D eigenvalue weighted by atomic mass is 10.1. The summed E-state index contributed by atoms with van der Waals surface area (Å²) in [4.78, 5) is 11.7. The lowest BCUT2D eigenvalue weighted by Gasteiger charge is -2.20. The fourth-order valence-corrected chi connectivity index (χ4v) is 1.56. The molecule has 6 heteroatoms. The van der Waals surface area contributed by atoms with Crippen LogP contribution in [0.3, 0.4) is 0 Å². The molecule has 0 radical (unpaired) electrons. The number of benzene rings is 1. The monoisotopic (exact) mass is 286 g/mol. The van der Waals surface area contributed by atoms with Crippen molar-refractivity contribution in [2.75, 3.05) is 11.9 Å². The molecule has 1 atom stereocenters. The number of aliphatic hydroxyl groups excluding tert-OH is 1. The van der Waals surface area contributed by atoms with Crippen molar-refractivity contribution in [1.29, 1.82) is 0 Å². The molecule has 4 N–H and O–H groups in total. The van der Waals surface area contributed by atoms with Crippen LogP contribution in [0.5, 0.6) is 0 Å². The number of amides is 1. The first-order valence-electron chi connectivity index (χ1n) is 5.90. The van der Waals surface area contributed by atoms with Crippen molar-refractivity contribution < 1.29 is 14.6 Å². The molecule has 0 saturated carbocycles. The summed E-state index contributed by atoms with van der Waals surface area (Å²) in [5.74, 6) is 0. The van der Waals surface area contributed by atoms with E-state index in [0.29, 0.717) is 16.3 Å². The van der Waals surface area contributed by atoms with Crippen LogP contribution in [0, 0.1) is 0 Å². The van der Waals surface area contributed by atoms with Gasteiger partial charge in [-0.3, -0.25) is 5.32 Å². The Morgan fingerprint density at radius 1 is 1.53 bits per heavy atom. The molecule has 0 heterocycles. The van der Waals surface area contributed by atoms with E-state index in [9.17, 15) is 9.90 Å². The predicted octanol–water partition coefficient (Wildman–Crippen LogP) is 2.68. The quantitative estimate of drug-likeness (QED) is 0.797. The third kappa shape index (κ3) is 5.06. The Labute approximate surface area is 117 Å². The molecule has 0 aromatic heterocycles. The van der Waals surface area contributed by atoms with Crippen molar-refractivity contribution in [2.45, 2.75) is 32.5 Å². The van der Waals surface area contributed by atoms with Gasteiger partial charge in [0.1, 0.15) is 5.60 Å². The molecule has 1 rings (SSSR count). The zero-order chi connectivity index (χ0) is 14.6. The second-order valence-corrected chi connectivity index (χ2v) is 5.52. The largest absolute Gasteiger partial charge is 0.444 e. The van der Waals surface area contributed by atoms with Crippen molar-refractivity contribution in [1.82, 2.24) is 0 Å². The first-order valence-corrected chi connectivity index (χ1v) is 6.28. The van der Waals surface area contributed by atoms with Crippen molar-refractivity contribution in [3.05, 3.63) is 28.8 Å². The molecule has 1 amide bonds. The Morgan fingerprint density at radius 2 is 2.16 bits per heavy atom. The number of halogens is 1. The SMILES string of the molecule is CC(C)(C)OC(=O)Nc1cc(C(O)CN)ccc1Cl. The van der Waals surface area contributed by atoms with Crippen LogP contribution in [0.4, 0.5) is 10.5 Å². The van der Waals surface area contributed by atoms with E-state index in [1.54, 1.807) is 39.0 Å². The normalized spacial score (nSPS) is 12.9. The Balaban J connectivity index is 2.85. The van der Waals surface area contributed by atoms with E-state index in [-0.39, 0.29) is 6.54 Å². The molecule has 0 bridgehead atoms. The number of ether oxygens (including phenoxy) is 1. The maximum atomic E-state index is 11.7. The highest BCUT2D eigenvalue weighted by molar-refractivity contribution is 6.33. The zero-order valence-corrected chi connectivity index (χ0v) is 12.0. The molecule has 19 heavy (non-hydrogen) atoms. The van der Waals surface area contributed by atoms with Crippen LogP contribution >= 0.6 is 11.6 Å². The molecule has 1 aromatic carbocycles. The number of nitrogens with one attached hydrogen (secondary N) is 1. The van der Waals surface area contributed by atoms with Crippen LogP contribution in [0.2, 0.25) is 5.02 Å². The van der Waals surface area contributed by atoms with Crippen molar-refractivity contribution >= 4 is 23.4 Å². The summed E-state index contributed by atoms with van der Waals surface area (Å²) in [7, 11) is 0. The van der Waals surface area contributed by atoms with E-state index in [0.717, 1.165) is 0 Å². The highest BCUT2D eigenvalue weighted by Crippen LogP contribution is 2.26. The molecule has 5 nitrogen and oxygen atoms in total. The first kappa shape index (κ1) is 15.8. The summed E-state index contributed by atoms with van der Waals surface area (Å²) in [6.45, 7) is 5.39. The molecule has 0 aliphatic carbocycles. The molecule has 0 aliphatic heterocycles. The molecule has 0 aliphatic rings. The highest BCUT2D eigenvalue weighted by Gasteiger charge is 2.17. The zero-order valence-electron chi connectivity index (χ0n) is 11.2. The number of hydrogen-bond acceptors (Lipinski definition) is 4. The van der Waals surface area contributed by atoms with Crippen LogP contribution in [0.1, 0.15) is 32.4 Å². The Hall–Kier alpha value is -1.30. The van der Waals surface area contributed by atoms with Gasteiger partial charge < -0.3 is 15.6 Å². The number of anilines is 1. The summed E-state index contributed by atoms with van der Waals surface area (Å²) in [5, 5.41) is 12.6. The van der Waals surface area contributed by atoms with E-state index in [4.69, 9.17) is 22.1 Å². The Morgan fingerprint density at radius 3 is 2.68 bits per heavy atom. The average molecular weight is 287 g/mol. The van der Waals surface area contributed by atoms with Crippen LogP contribution in [-0.2, 0) is 4.74 Å². The minimum atomic E-state index is -0.795. The van der Waals surface area contributed by atoms with E-state index in [1.807, 2.05) is 0 Å². The first-order chi connectivity index (χ1) is 8.73. The summed E-state index contributed by atoms with van der Waals surface area (Å²) < 4.78 is 5.13. The van der Waals surface area contributed by atoms with Gasteiger partial charge in [0.15, 0.2) is 0 Å². The molecule has 0 saturated heterocycles. The Kier molecular flexibility index (Phi) is 5.17. The van der Waals surface area contributed by atoms with Gasteiger partial charge in [-0.2, -0.15) is 0 Å². The van der Waals surface area contributed by atoms with Gasteiger partial charge in [0.2, 0.25) is 0 Å². The fourth-order valence-electron chi connectivity index (χ4n) is 1.40. The van der Waals surface area contributed by atoms with Gasteiger partial charge in [-0.05, 0) is 38.5 Å². The average Bonchev–Trinajstić information content (AvgIpc) is 2.28. The predicted molar refractivity (Wildman–Crippen MR) is 75.3 cm³/mol. The minimum absolute atomic E-state index is 0.0908. The lowest BCUT2D eigenvalue weighted by molar-refractivity contribution is 0.0636. The van der Waals surface area contributed by atoms with Crippen LogP contribution in [-0.4, -0.2) is 23.3 Å². The van der Waals surface area contributed by atoms with Gasteiger partial charge in [-0.25, -0.2) is 4.79 Å². The molecular formula is C13H19ClN2O3. The van der Waals surface area contributed by atoms with Gasteiger partial charge >= 0.3 is 6.09 Å². The second kappa shape index (κ2) is 6.23. The molecule has 0 spiro atoms. The van der Waals surface area contributed by atoms with Gasteiger partial charge in [-0.15, -0.1) is 0 Å². The van der Waals surface area contributed by atoms with Gasteiger partial charge in [0.25, 0.3) is 0 Å². The number of aliphatic hydroxyl groups is 1. The Bertz CT molecular complexity index is 458. The van der Waals surface area contributed by atoms with Gasteiger partial charge in [0.05, 0.1) is 16.8 Å². The number of rotatable bonds is 3. The topological polar surface area (TPSA) is 84.6 Å². The van der Waals surface area contributed by atoms with E-state index < -0.39 is 17.8 Å². The van der Waals surface area contributed by atoms with E-state index >= 15 is 0 Å². The van der Waals surface area contributed by atoms with E-state index in [2.05, 4.69) is 5.32 Å². The molecule has 0 fully saturated rings. The summed E-state index contributed by atoms with van der Waals surface area (Å²) in [6.07, 6.45) is -1.40. The molecule has 106 valence electrons. The smallest absolute Gasteiger partial charge is 0.412 e. The third-order valence-electron chi connectivity index (χ3n) is 2.23. The van der Waals surface area contributed by atoms with Crippen molar-refractivity contribution in [2.24, 2.45) is 5.73 Å². The molecule has 1 unspecified atom stereocenters. The lowest BCUT2D eigenvalue weighted by Crippen LogP contribution is -2.27. The van der Waals surface area contributed by atoms with Crippen molar-refractivity contribution in [3.8, 4) is 0 Å². The number of hydrogen-bond donors (Lipinski definition) is 3.